The van der Waals surface area contributed by atoms with E-state index in [0.29, 0.717) is 28.9 Å². The quantitative estimate of drug-likeness (QED) is 0.377. The highest BCUT2D eigenvalue weighted by Gasteiger charge is 2.62. The zero-order chi connectivity index (χ0) is 33.2. The number of carbonyl (C=O) groups is 3. The normalized spacial score (nSPS) is 23.4. The van der Waals surface area contributed by atoms with Crippen molar-refractivity contribution in [1.82, 2.24) is 29.9 Å². The van der Waals surface area contributed by atoms with Crippen LogP contribution in [0.2, 0.25) is 10.0 Å². The third-order valence-corrected chi connectivity index (χ3v) is 11.6. The van der Waals surface area contributed by atoms with Gasteiger partial charge in [0, 0.05) is 44.5 Å². The molecule has 0 radical (unpaired) electrons. The third-order valence-electron chi connectivity index (χ3n) is 8.81. The molecular formula is C29H26Cl2FN7O6S. The van der Waals surface area contributed by atoms with E-state index in [1.165, 1.54) is 12.1 Å². The van der Waals surface area contributed by atoms with E-state index in [4.69, 9.17) is 23.2 Å². The van der Waals surface area contributed by atoms with Gasteiger partial charge in [0.25, 0.3) is 5.91 Å². The Kier molecular flexibility index (Phi) is 7.73. The minimum Gasteiger partial charge on any atom is -0.465 e. The molecule has 1 saturated carbocycles. The summed E-state index contributed by atoms with van der Waals surface area (Å²) in [4.78, 5) is 45.7. The van der Waals surface area contributed by atoms with Gasteiger partial charge in [0.05, 0.1) is 32.5 Å². The number of aromatic nitrogens is 3. The molecule has 17 heteroatoms. The van der Waals surface area contributed by atoms with Crippen LogP contribution in [0, 0.1) is 17.1 Å². The van der Waals surface area contributed by atoms with Gasteiger partial charge in [0.15, 0.2) is 15.4 Å². The van der Waals surface area contributed by atoms with E-state index in [-0.39, 0.29) is 34.3 Å². The molecule has 1 aromatic carbocycles. The molecule has 3 fully saturated rings. The molecule has 0 spiro atoms. The first-order chi connectivity index (χ1) is 21.7. The molecule has 1 unspecified atom stereocenters. The number of aryl methyl sites for hydroxylation is 1. The number of rotatable bonds is 7. The second-order valence-corrected chi connectivity index (χ2v) is 14.7. The third kappa shape index (κ3) is 5.14. The number of amides is 3. The van der Waals surface area contributed by atoms with Crippen LogP contribution in [0.25, 0.3) is 11.1 Å². The maximum absolute atomic E-state index is 15.3. The van der Waals surface area contributed by atoms with E-state index in [1.54, 1.807) is 30.2 Å². The number of hydrogen-bond acceptors (Lipinski definition) is 8. The summed E-state index contributed by atoms with van der Waals surface area (Å²) in [5.74, 6) is -2.85. The molecular weight excluding hydrogens is 664 g/mol. The molecule has 240 valence electrons. The zero-order valence-corrected chi connectivity index (χ0v) is 26.5. The SMILES string of the molecule is Cn1cc(-c2ccc(S(=O)(=O)[C@@H]3C[C@@H](C(=O)NC4(C#N)CC4)N(C(=O)C4(c5ncc(Cl)cc5F)CCN4C(=O)O)C3)c(Cl)c2)cn1. The first kappa shape index (κ1) is 31.7. The Morgan fingerprint density at radius 2 is 1.89 bits per heavy atom. The number of carboxylic acid groups (broad SMARTS) is 1. The number of likely N-dealkylation sites (tertiary alicyclic amines) is 2. The summed E-state index contributed by atoms with van der Waals surface area (Å²) < 4.78 is 45.0. The molecule has 2 saturated heterocycles. The van der Waals surface area contributed by atoms with Crippen LogP contribution in [-0.2, 0) is 32.0 Å². The first-order valence-corrected chi connectivity index (χ1v) is 16.4. The van der Waals surface area contributed by atoms with Gasteiger partial charge in [-0.3, -0.25) is 24.2 Å². The summed E-state index contributed by atoms with van der Waals surface area (Å²) in [6.45, 7) is -0.683. The second-order valence-electron chi connectivity index (χ2n) is 11.6. The Morgan fingerprint density at radius 1 is 1.15 bits per heavy atom. The molecule has 13 nitrogen and oxygen atoms in total. The van der Waals surface area contributed by atoms with E-state index in [9.17, 15) is 33.2 Å². The molecule has 4 heterocycles. The molecule has 6 rings (SSSR count). The number of benzene rings is 1. The van der Waals surface area contributed by atoms with Crippen molar-refractivity contribution < 1.29 is 32.3 Å². The number of nitriles is 1. The molecule has 1 aliphatic carbocycles. The van der Waals surface area contributed by atoms with Crippen LogP contribution in [0.4, 0.5) is 9.18 Å². The zero-order valence-electron chi connectivity index (χ0n) is 24.2. The molecule has 46 heavy (non-hydrogen) atoms. The molecule has 2 aromatic heterocycles. The van der Waals surface area contributed by atoms with Crippen LogP contribution in [0.3, 0.4) is 0 Å². The van der Waals surface area contributed by atoms with Crippen molar-refractivity contribution in [2.45, 2.75) is 52.9 Å². The fourth-order valence-corrected chi connectivity index (χ4v) is 8.49. The van der Waals surface area contributed by atoms with Crippen LogP contribution < -0.4 is 5.32 Å². The smallest absolute Gasteiger partial charge is 0.408 e. The average molecular weight is 691 g/mol. The minimum atomic E-state index is -4.30. The van der Waals surface area contributed by atoms with Crippen LogP contribution in [0.15, 0.2) is 47.8 Å². The first-order valence-electron chi connectivity index (χ1n) is 14.1. The number of nitrogens with zero attached hydrogens (tertiary/aromatic N) is 6. The van der Waals surface area contributed by atoms with Gasteiger partial charge in [-0.05, 0) is 43.0 Å². The number of pyridine rings is 1. The molecule has 3 atom stereocenters. The molecule has 2 aliphatic heterocycles. The molecule has 2 N–H and O–H groups in total. The Balaban J connectivity index is 1.39. The average Bonchev–Trinajstić information content (AvgIpc) is 3.37. The van der Waals surface area contributed by atoms with Gasteiger partial charge in [-0.15, -0.1) is 0 Å². The summed E-state index contributed by atoms with van der Waals surface area (Å²) >= 11 is 12.4. The van der Waals surface area contributed by atoms with Crippen molar-refractivity contribution in [3.8, 4) is 17.2 Å². The summed E-state index contributed by atoms with van der Waals surface area (Å²) in [6.07, 6.45) is 3.01. The fourth-order valence-electron chi connectivity index (χ4n) is 6.10. The Bertz CT molecular complexity index is 1950. The van der Waals surface area contributed by atoms with E-state index in [0.717, 1.165) is 17.2 Å². The number of halogens is 3. The molecule has 3 aromatic rings. The number of nitrogens with one attached hydrogen (secondary N) is 1. The minimum absolute atomic E-state index is 0.0894. The lowest BCUT2D eigenvalue weighted by Gasteiger charge is -2.50. The van der Waals surface area contributed by atoms with Crippen molar-refractivity contribution in [3.05, 3.63) is 64.4 Å². The lowest BCUT2D eigenvalue weighted by atomic mass is 9.79. The maximum atomic E-state index is 15.3. The van der Waals surface area contributed by atoms with Gasteiger partial charge in [-0.25, -0.2) is 17.6 Å². The molecule has 0 bridgehead atoms. The highest BCUT2D eigenvalue weighted by atomic mass is 35.5. The monoisotopic (exact) mass is 689 g/mol. The topological polar surface area (TPSA) is 179 Å². The van der Waals surface area contributed by atoms with E-state index >= 15 is 4.39 Å². The Labute approximate surface area is 272 Å². The van der Waals surface area contributed by atoms with Gasteiger partial charge in [0.1, 0.15) is 23.1 Å². The van der Waals surface area contributed by atoms with Crippen molar-refractivity contribution in [2.75, 3.05) is 13.1 Å². The maximum Gasteiger partial charge on any atom is 0.408 e. The van der Waals surface area contributed by atoms with Crippen LogP contribution in [0.1, 0.15) is 31.4 Å². The van der Waals surface area contributed by atoms with Crippen LogP contribution in [0.5, 0.6) is 0 Å². The van der Waals surface area contributed by atoms with Gasteiger partial charge in [-0.2, -0.15) is 10.4 Å². The lowest BCUT2D eigenvalue weighted by Crippen LogP contribution is -2.68. The van der Waals surface area contributed by atoms with Gasteiger partial charge < -0.3 is 15.3 Å². The number of hydrogen-bond donors (Lipinski definition) is 2. The Morgan fingerprint density at radius 3 is 2.43 bits per heavy atom. The second kappa shape index (κ2) is 11.2. The van der Waals surface area contributed by atoms with Gasteiger partial charge >= 0.3 is 6.09 Å². The molecule has 3 amide bonds. The largest absolute Gasteiger partial charge is 0.465 e. The molecule has 3 aliphatic rings. The van der Waals surface area contributed by atoms with Gasteiger partial charge in [0.2, 0.25) is 5.91 Å². The Hall–Kier alpha value is -4.26. The van der Waals surface area contributed by atoms with Gasteiger partial charge in [-0.1, -0.05) is 29.3 Å². The predicted octanol–water partition coefficient (Wildman–Crippen LogP) is 3.12. The number of carbonyl (C=O) groups excluding carboxylic acids is 2. The van der Waals surface area contributed by atoms with Crippen molar-refractivity contribution in [2.24, 2.45) is 7.05 Å². The van der Waals surface area contributed by atoms with Crippen molar-refractivity contribution in [1.29, 1.82) is 5.26 Å². The summed E-state index contributed by atoms with van der Waals surface area (Å²) in [7, 11) is -2.57. The lowest BCUT2D eigenvalue weighted by molar-refractivity contribution is -0.156. The van der Waals surface area contributed by atoms with Crippen molar-refractivity contribution >= 4 is 50.9 Å². The van der Waals surface area contributed by atoms with E-state index < -0.39 is 68.2 Å². The predicted molar refractivity (Wildman–Crippen MR) is 161 cm³/mol. The summed E-state index contributed by atoms with van der Waals surface area (Å²) in [6, 6.07) is 5.84. The standard InChI is InChI=1S/C29H26Cl2FN7O6S/c1-37-13-17(11-35-37)16-2-3-23(20(31)8-16)46(44,45)19-10-22(25(40)36-28(15-33)4-5-28)38(14-19)26(41)29(6-7-39(29)27(42)43)24-21(32)9-18(30)12-34-24/h2-3,8-9,11-13,19,22H,4-7,10,14H2,1H3,(H,36,40)(H,42,43)/t19-,22+,29?/m1/s1. The summed E-state index contributed by atoms with van der Waals surface area (Å²) in [5, 5.41) is 24.7. The summed E-state index contributed by atoms with van der Waals surface area (Å²) in [5.41, 5.74) is -2.55. The van der Waals surface area contributed by atoms with Crippen molar-refractivity contribution in [3.63, 3.8) is 0 Å². The number of sulfone groups is 1. The fraction of sp³-hybridized carbons (Fsp3) is 0.379. The van der Waals surface area contributed by atoms with Crippen LogP contribution in [-0.4, -0.2) is 85.9 Å². The van der Waals surface area contributed by atoms with E-state index in [1.807, 2.05) is 6.07 Å². The van der Waals surface area contributed by atoms with E-state index in [2.05, 4.69) is 15.4 Å². The highest BCUT2D eigenvalue weighted by molar-refractivity contribution is 7.92. The highest BCUT2D eigenvalue weighted by Crippen LogP contribution is 2.45. The van der Waals surface area contributed by atoms with Crippen LogP contribution >= 0.6 is 23.2 Å².